The molecule has 0 atom stereocenters. The van der Waals surface area contributed by atoms with Gasteiger partial charge in [-0.05, 0) is 54.4 Å². The number of halogens is 1. The summed E-state index contributed by atoms with van der Waals surface area (Å²) in [5.74, 6) is -0.346. The van der Waals surface area contributed by atoms with E-state index in [4.69, 9.17) is 4.74 Å². The first-order valence-corrected chi connectivity index (χ1v) is 11.0. The second kappa shape index (κ2) is 8.96. The van der Waals surface area contributed by atoms with Crippen LogP contribution in [0.4, 0.5) is 15.8 Å². The van der Waals surface area contributed by atoms with Gasteiger partial charge in [0.25, 0.3) is 5.91 Å². The zero-order valence-corrected chi connectivity index (χ0v) is 17.3. The summed E-state index contributed by atoms with van der Waals surface area (Å²) in [6.07, 6.45) is 1.05. The summed E-state index contributed by atoms with van der Waals surface area (Å²) in [6, 6.07) is 17.7. The van der Waals surface area contributed by atoms with Gasteiger partial charge >= 0.3 is 0 Å². The summed E-state index contributed by atoms with van der Waals surface area (Å²) in [5.41, 5.74) is 2.71. The Hall–Kier alpha value is -3.39. The number of anilines is 2. The molecule has 2 N–H and O–H groups in total. The summed E-state index contributed by atoms with van der Waals surface area (Å²) in [5, 5.41) is 2.78. The van der Waals surface area contributed by atoms with Crippen LogP contribution in [0.25, 0.3) is 0 Å². The summed E-state index contributed by atoms with van der Waals surface area (Å²) < 4.78 is 44.2. The minimum atomic E-state index is -3.46. The second-order valence-corrected chi connectivity index (χ2v) is 8.55. The van der Waals surface area contributed by atoms with E-state index >= 15 is 0 Å². The van der Waals surface area contributed by atoms with E-state index in [1.807, 2.05) is 6.07 Å². The standard InChI is InChI=1S/C22H21FN2O4S/c1-15-9-10-17(12-21(15)25-30(2,27)28)22(26)24-19-7-3-5-16(11-19)14-29-20-8-4-6-18(23)13-20/h3-13,25H,14H2,1-2H3,(H,24,26). The predicted molar refractivity (Wildman–Crippen MR) is 115 cm³/mol. The van der Waals surface area contributed by atoms with E-state index < -0.39 is 10.0 Å². The molecule has 0 spiro atoms. The van der Waals surface area contributed by atoms with Gasteiger partial charge in [0, 0.05) is 17.3 Å². The highest BCUT2D eigenvalue weighted by Gasteiger charge is 2.11. The van der Waals surface area contributed by atoms with E-state index in [0.717, 1.165) is 11.8 Å². The summed E-state index contributed by atoms with van der Waals surface area (Å²) in [6.45, 7) is 1.96. The number of amides is 1. The molecule has 0 saturated carbocycles. The lowest BCUT2D eigenvalue weighted by Crippen LogP contribution is -2.15. The van der Waals surface area contributed by atoms with E-state index in [0.29, 0.717) is 28.3 Å². The molecule has 0 aliphatic rings. The molecule has 30 heavy (non-hydrogen) atoms. The lowest BCUT2D eigenvalue weighted by molar-refractivity contribution is 0.102. The topological polar surface area (TPSA) is 84.5 Å². The molecule has 0 aromatic heterocycles. The zero-order chi connectivity index (χ0) is 21.7. The van der Waals surface area contributed by atoms with Crippen molar-refractivity contribution in [3.63, 3.8) is 0 Å². The number of carbonyl (C=O) groups is 1. The molecule has 3 aromatic rings. The van der Waals surface area contributed by atoms with Crippen molar-refractivity contribution >= 4 is 27.3 Å². The van der Waals surface area contributed by atoms with Crippen LogP contribution < -0.4 is 14.8 Å². The van der Waals surface area contributed by atoms with Crippen LogP contribution in [-0.4, -0.2) is 20.6 Å². The Morgan fingerprint density at radius 3 is 2.53 bits per heavy atom. The van der Waals surface area contributed by atoms with Crippen LogP contribution in [0.5, 0.6) is 5.75 Å². The molecule has 1 amide bonds. The third-order valence-electron chi connectivity index (χ3n) is 4.18. The average Bonchev–Trinajstić information content (AvgIpc) is 2.67. The fraction of sp³-hybridized carbons (Fsp3) is 0.136. The average molecular weight is 428 g/mol. The van der Waals surface area contributed by atoms with Gasteiger partial charge in [0.05, 0.1) is 11.9 Å². The maximum atomic E-state index is 13.2. The number of benzene rings is 3. The minimum absolute atomic E-state index is 0.208. The second-order valence-electron chi connectivity index (χ2n) is 6.80. The van der Waals surface area contributed by atoms with Gasteiger partial charge < -0.3 is 10.1 Å². The van der Waals surface area contributed by atoms with Crippen LogP contribution in [0.15, 0.2) is 66.7 Å². The third kappa shape index (κ3) is 6.05. The summed E-state index contributed by atoms with van der Waals surface area (Å²) in [4.78, 5) is 12.6. The monoisotopic (exact) mass is 428 g/mol. The molecule has 0 aliphatic heterocycles. The molecular formula is C22H21FN2O4S. The van der Waals surface area contributed by atoms with Crippen LogP contribution in [0, 0.1) is 12.7 Å². The number of hydrogen-bond acceptors (Lipinski definition) is 4. The maximum Gasteiger partial charge on any atom is 0.255 e. The third-order valence-corrected chi connectivity index (χ3v) is 4.77. The SMILES string of the molecule is Cc1ccc(C(=O)Nc2cccc(COc3cccc(F)c3)c2)cc1NS(C)(=O)=O. The van der Waals surface area contributed by atoms with Crippen molar-refractivity contribution in [1.29, 1.82) is 0 Å². The quantitative estimate of drug-likeness (QED) is 0.586. The van der Waals surface area contributed by atoms with Crippen molar-refractivity contribution in [2.75, 3.05) is 16.3 Å². The smallest absolute Gasteiger partial charge is 0.255 e. The predicted octanol–water partition coefficient (Wildman–Crippen LogP) is 4.34. The van der Waals surface area contributed by atoms with E-state index in [-0.39, 0.29) is 18.3 Å². The van der Waals surface area contributed by atoms with E-state index in [1.54, 1.807) is 49.4 Å². The van der Waals surface area contributed by atoms with Crippen molar-refractivity contribution in [3.8, 4) is 5.75 Å². The Labute approximate surface area is 174 Å². The van der Waals surface area contributed by atoms with Gasteiger partial charge in [-0.15, -0.1) is 0 Å². The number of ether oxygens (including phenoxy) is 1. The van der Waals surface area contributed by atoms with Gasteiger partial charge in [-0.25, -0.2) is 12.8 Å². The van der Waals surface area contributed by atoms with E-state index in [1.165, 1.54) is 18.2 Å². The van der Waals surface area contributed by atoms with E-state index in [2.05, 4.69) is 10.0 Å². The van der Waals surface area contributed by atoms with E-state index in [9.17, 15) is 17.6 Å². The molecule has 6 nitrogen and oxygen atoms in total. The zero-order valence-electron chi connectivity index (χ0n) is 16.5. The van der Waals surface area contributed by atoms with Gasteiger partial charge in [-0.1, -0.05) is 24.3 Å². The van der Waals surface area contributed by atoms with Crippen LogP contribution in [0.3, 0.4) is 0 Å². The van der Waals surface area contributed by atoms with Gasteiger partial charge in [-0.2, -0.15) is 0 Å². The van der Waals surface area contributed by atoms with Gasteiger partial charge in [0.15, 0.2) is 0 Å². The Morgan fingerprint density at radius 2 is 1.80 bits per heavy atom. The molecule has 0 unspecified atom stereocenters. The van der Waals surface area contributed by atoms with Crippen molar-refractivity contribution in [3.05, 3.63) is 89.2 Å². The summed E-state index contributed by atoms with van der Waals surface area (Å²) >= 11 is 0. The number of rotatable bonds is 7. The van der Waals surface area contributed by atoms with Crippen molar-refractivity contribution < 1.29 is 22.3 Å². The highest BCUT2D eigenvalue weighted by Crippen LogP contribution is 2.20. The van der Waals surface area contributed by atoms with Gasteiger partial charge in [0.1, 0.15) is 18.2 Å². The molecule has 0 fully saturated rings. The maximum absolute atomic E-state index is 13.2. The summed E-state index contributed by atoms with van der Waals surface area (Å²) in [7, 11) is -3.46. The normalized spacial score (nSPS) is 11.0. The van der Waals surface area contributed by atoms with Crippen molar-refractivity contribution in [2.24, 2.45) is 0 Å². The highest BCUT2D eigenvalue weighted by molar-refractivity contribution is 7.92. The van der Waals surface area contributed by atoms with Crippen molar-refractivity contribution in [2.45, 2.75) is 13.5 Å². The Kier molecular flexibility index (Phi) is 6.37. The molecule has 8 heteroatoms. The molecule has 0 aliphatic carbocycles. The molecule has 3 rings (SSSR count). The Bertz CT molecular complexity index is 1180. The fourth-order valence-electron chi connectivity index (χ4n) is 2.74. The molecule has 0 radical (unpaired) electrons. The fourth-order valence-corrected chi connectivity index (χ4v) is 3.36. The van der Waals surface area contributed by atoms with Crippen LogP contribution in [-0.2, 0) is 16.6 Å². The molecule has 3 aromatic carbocycles. The highest BCUT2D eigenvalue weighted by atomic mass is 32.2. The first kappa shape index (κ1) is 21.3. The molecule has 0 heterocycles. The first-order chi connectivity index (χ1) is 14.2. The van der Waals surface area contributed by atoms with Crippen molar-refractivity contribution in [1.82, 2.24) is 0 Å². The Morgan fingerprint density at radius 1 is 1.03 bits per heavy atom. The Balaban J connectivity index is 1.70. The number of aryl methyl sites for hydroxylation is 1. The largest absolute Gasteiger partial charge is 0.489 e. The molecule has 156 valence electrons. The minimum Gasteiger partial charge on any atom is -0.489 e. The number of hydrogen-bond donors (Lipinski definition) is 2. The number of sulfonamides is 1. The van der Waals surface area contributed by atoms with Crippen LogP contribution in [0.1, 0.15) is 21.5 Å². The van der Waals surface area contributed by atoms with Gasteiger partial charge in [-0.3, -0.25) is 9.52 Å². The molecule has 0 bridgehead atoms. The lowest BCUT2D eigenvalue weighted by Gasteiger charge is -2.11. The number of carbonyl (C=O) groups excluding carboxylic acids is 1. The lowest BCUT2D eigenvalue weighted by atomic mass is 10.1. The van der Waals surface area contributed by atoms with Crippen LogP contribution in [0.2, 0.25) is 0 Å². The first-order valence-electron chi connectivity index (χ1n) is 9.07. The van der Waals surface area contributed by atoms with Crippen LogP contribution >= 0.6 is 0 Å². The van der Waals surface area contributed by atoms with Gasteiger partial charge in [0.2, 0.25) is 10.0 Å². The number of nitrogens with one attached hydrogen (secondary N) is 2. The molecular weight excluding hydrogens is 407 g/mol. The molecule has 0 saturated heterocycles.